The smallest absolute Gasteiger partial charge is 0.137 e. The molecule has 0 amide bonds. The maximum atomic E-state index is 13.2. The molecule has 2 rings (SSSR count). The fourth-order valence-corrected chi connectivity index (χ4v) is 2.87. The Bertz CT molecular complexity index is 410. The lowest BCUT2D eigenvalue weighted by molar-refractivity contribution is -0.118. The third kappa shape index (κ3) is 4.18. The number of Topliss-reactive ketones (excluding diaryl/α,β-unsaturated/α-hetero) is 1. The standard InChI is InChI=1S/C14H17BrFNO/c15-12-5-11(6-13(16)8-12)7-14(18)2-1-10-3-4-17-9-10/h5-6,8,10,17H,1-4,7,9H2. The number of carbonyl (C=O) groups excluding carboxylic acids is 1. The first-order valence-corrected chi connectivity index (χ1v) is 7.10. The molecule has 0 radical (unpaired) electrons. The van der Waals surface area contributed by atoms with Gasteiger partial charge in [-0.1, -0.05) is 15.9 Å². The van der Waals surface area contributed by atoms with Gasteiger partial charge >= 0.3 is 0 Å². The Kier molecular flexibility index (Phi) is 4.89. The van der Waals surface area contributed by atoms with Gasteiger partial charge in [0.2, 0.25) is 0 Å². The van der Waals surface area contributed by atoms with Crippen LogP contribution >= 0.6 is 15.9 Å². The number of nitrogens with one attached hydrogen (secondary N) is 1. The van der Waals surface area contributed by atoms with Crippen LogP contribution in [0.15, 0.2) is 22.7 Å². The molecule has 1 aromatic rings. The average molecular weight is 314 g/mol. The van der Waals surface area contributed by atoms with Gasteiger partial charge in [0.1, 0.15) is 11.6 Å². The third-order valence-electron chi connectivity index (χ3n) is 3.32. The van der Waals surface area contributed by atoms with Crippen LogP contribution in [0.3, 0.4) is 0 Å². The van der Waals surface area contributed by atoms with Crippen molar-refractivity contribution in [3.63, 3.8) is 0 Å². The van der Waals surface area contributed by atoms with Crippen molar-refractivity contribution in [2.45, 2.75) is 25.7 Å². The van der Waals surface area contributed by atoms with Gasteiger partial charge in [-0.2, -0.15) is 0 Å². The summed E-state index contributed by atoms with van der Waals surface area (Å²) in [6, 6.07) is 4.63. The molecule has 98 valence electrons. The highest BCUT2D eigenvalue weighted by Crippen LogP contribution is 2.18. The van der Waals surface area contributed by atoms with E-state index in [4.69, 9.17) is 0 Å². The molecular formula is C14H17BrFNO. The summed E-state index contributed by atoms with van der Waals surface area (Å²) >= 11 is 3.24. The first-order chi connectivity index (χ1) is 8.63. The van der Waals surface area contributed by atoms with E-state index in [-0.39, 0.29) is 11.6 Å². The summed E-state index contributed by atoms with van der Waals surface area (Å²) in [5.41, 5.74) is 0.747. The van der Waals surface area contributed by atoms with Crippen LogP contribution in [0.1, 0.15) is 24.8 Å². The van der Waals surface area contributed by atoms with E-state index < -0.39 is 0 Å². The van der Waals surface area contributed by atoms with Crippen molar-refractivity contribution in [3.05, 3.63) is 34.1 Å². The molecule has 0 bridgehead atoms. The Morgan fingerprint density at radius 3 is 2.94 bits per heavy atom. The Morgan fingerprint density at radius 2 is 2.28 bits per heavy atom. The summed E-state index contributed by atoms with van der Waals surface area (Å²) in [7, 11) is 0. The lowest BCUT2D eigenvalue weighted by Crippen LogP contribution is -2.11. The van der Waals surface area contributed by atoms with Gasteiger partial charge in [-0.25, -0.2) is 4.39 Å². The fourth-order valence-electron chi connectivity index (χ4n) is 2.36. The zero-order valence-electron chi connectivity index (χ0n) is 10.2. The summed E-state index contributed by atoms with van der Waals surface area (Å²) in [6.07, 6.45) is 3.04. The molecule has 1 aromatic carbocycles. The van der Waals surface area contributed by atoms with Gasteiger partial charge in [0, 0.05) is 17.3 Å². The van der Waals surface area contributed by atoms with Gasteiger partial charge in [0.25, 0.3) is 0 Å². The molecule has 2 nitrogen and oxygen atoms in total. The van der Waals surface area contributed by atoms with Crippen molar-refractivity contribution in [3.8, 4) is 0 Å². The van der Waals surface area contributed by atoms with Crippen LogP contribution in [0.25, 0.3) is 0 Å². The summed E-state index contributed by atoms with van der Waals surface area (Å²) in [5.74, 6) is 0.528. The monoisotopic (exact) mass is 313 g/mol. The van der Waals surface area contributed by atoms with Gasteiger partial charge in [0.05, 0.1) is 0 Å². The van der Waals surface area contributed by atoms with E-state index >= 15 is 0 Å². The largest absolute Gasteiger partial charge is 0.316 e. The van der Waals surface area contributed by atoms with E-state index in [1.807, 2.05) is 0 Å². The molecule has 0 spiro atoms. The maximum Gasteiger partial charge on any atom is 0.137 e. The van der Waals surface area contributed by atoms with Crippen LogP contribution < -0.4 is 5.32 Å². The van der Waals surface area contributed by atoms with Crippen molar-refractivity contribution in [2.24, 2.45) is 5.92 Å². The number of halogens is 2. The third-order valence-corrected chi connectivity index (χ3v) is 3.78. The van der Waals surface area contributed by atoms with E-state index in [0.717, 1.165) is 25.1 Å². The second-order valence-corrected chi connectivity index (χ2v) is 5.81. The van der Waals surface area contributed by atoms with Gasteiger partial charge in [-0.05, 0) is 55.6 Å². The molecule has 1 atom stereocenters. The Balaban J connectivity index is 1.82. The van der Waals surface area contributed by atoms with Crippen LogP contribution in [0.2, 0.25) is 0 Å². The van der Waals surface area contributed by atoms with Crippen molar-refractivity contribution >= 4 is 21.7 Å². The minimum absolute atomic E-state index is 0.194. The van der Waals surface area contributed by atoms with Gasteiger partial charge in [-0.15, -0.1) is 0 Å². The van der Waals surface area contributed by atoms with Gasteiger partial charge in [-0.3, -0.25) is 4.79 Å². The molecule has 0 aromatic heterocycles. The molecule has 0 aliphatic carbocycles. The predicted octanol–water partition coefficient (Wildman–Crippen LogP) is 3.09. The SMILES string of the molecule is O=C(CCC1CCNC1)Cc1cc(F)cc(Br)c1. The summed E-state index contributed by atoms with van der Waals surface area (Å²) in [6.45, 7) is 2.09. The minimum atomic E-state index is -0.299. The first-order valence-electron chi connectivity index (χ1n) is 6.31. The minimum Gasteiger partial charge on any atom is -0.316 e. The molecule has 1 unspecified atom stereocenters. The first kappa shape index (κ1) is 13.7. The number of rotatable bonds is 5. The van der Waals surface area contributed by atoms with Crippen LogP contribution in [0.5, 0.6) is 0 Å². The van der Waals surface area contributed by atoms with Gasteiger partial charge in [0.15, 0.2) is 0 Å². The lowest BCUT2D eigenvalue weighted by atomic mass is 9.98. The summed E-state index contributed by atoms with van der Waals surface area (Å²) < 4.78 is 13.8. The quantitative estimate of drug-likeness (QED) is 0.905. The van der Waals surface area contributed by atoms with Crippen LogP contribution in [0.4, 0.5) is 4.39 Å². The van der Waals surface area contributed by atoms with Crippen LogP contribution in [-0.4, -0.2) is 18.9 Å². The number of ketones is 1. The number of hydrogen-bond acceptors (Lipinski definition) is 2. The fraction of sp³-hybridized carbons (Fsp3) is 0.500. The van der Waals surface area contributed by atoms with Crippen molar-refractivity contribution < 1.29 is 9.18 Å². The van der Waals surface area contributed by atoms with Crippen molar-refractivity contribution in [1.29, 1.82) is 0 Å². The molecule has 18 heavy (non-hydrogen) atoms. The Labute approximate surface area is 115 Å². The molecular weight excluding hydrogens is 297 g/mol. The van der Waals surface area contributed by atoms with E-state index in [1.165, 1.54) is 18.6 Å². The molecule has 1 aliphatic heterocycles. The zero-order chi connectivity index (χ0) is 13.0. The molecule has 4 heteroatoms. The van der Waals surface area contributed by atoms with Crippen molar-refractivity contribution in [2.75, 3.05) is 13.1 Å². The predicted molar refractivity (Wildman–Crippen MR) is 73.0 cm³/mol. The lowest BCUT2D eigenvalue weighted by Gasteiger charge is -2.07. The summed E-state index contributed by atoms with van der Waals surface area (Å²) in [4.78, 5) is 11.8. The highest BCUT2D eigenvalue weighted by molar-refractivity contribution is 9.10. The Hall–Kier alpha value is -0.740. The molecule has 1 fully saturated rings. The number of hydrogen-bond donors (Lipinski definition) is 1. The molecule has 1 saturated heterocycles. The molecule has 1 aliphatic rings. The highest BCUT2D eigenvalue weighted by atomic mass is 79.9. The Morgan fingerprint density at radius 1 is 1.44 bits per heavy atom. The van der Waals surface area contributed by atoms with E-state index in [1.54, 1.807) is 6.07 Å². The van der Waals surface area contributed by atoms with Crippen molar-refractivity contribution in [1.82, 2.24) is 5.32 Å². The molecule has 0 saturated carbocycles. The maximum absolute atomic E-state index is 13.2. The van der Waals surface area contributed by atoms with E-state index in [0.29, 0.717) is 23.2 Å². The topological polar surface area (TPSA) is 29.1 Å². The number of benzene rings is 1. The van der Waals surface area contributed by atoms with Crippen LogP contribution in [0, 0.1) is 11.7 Å². The van der Waals surface area contributed by atoms with E-state index in [9.17, 15) is 9.18 Å². The molecule has 1 N–H and O–H groups in total. The normalized spacial score (nSPS) is 19.1. The second kappa shape index (κ2) is 6.43. The average Bonchev–Trinajstić information content (AvgIpc) is 2.77. The van der Waals surface area contributed by atoms with Gasteiger partial charge < -0.3 is 5.32 Å². The number of carbonyl (C=O) groups is 1. The highest BCUT2D eigenvalue weighted by Gasteiger charge is 2.15. The summed E-state index contributed by atoms with van der Waals surface area (Å²) in [5, 5.41) is 3.29. The van der Waals surface area contributed by atoms with E-state index in [2.05, 4.69) is 21.2 Å². The zero-order valence-corrected chi connectivity index (χ0v) is 11.8. The second-order valence-electron chi connectivity index (χ2n) is 4.89. The molecule has 1 heterocycles. The van der Waals surface area contributed by atoms with Crippen LogP contribution in [-0.2, 0) is 11.2 Å².